The van der Waals surface area contributed by atoms with Crippen LogP contribution in [0.25, 0.3) is 0 Å². The van der Waals surface area contributed by atoms with Crippen LogP contribution < -0.4 is 5.32 Å². The Morgan fingerprint density at radius 3 is 2.60 bits per heavy atom. The highest BCUT2D eigenvalue weighted by Crippen LogP contribution is 2.63. The fraction of sp³-hybridized carbons (Fsp3) is 0.667. The molecule has 2 unspecified atom stereocenters. The van der Waals surface area contributed by atoms with E-state index >= 15 is 0 Å². The van der Waals surface area contributed by atoms with Crippen LogP contribution in [-0.4, -0.2) is 17.5 Å². The smallest absolute Gasteiger partial charge is 0.0502 e. The number of rotatable bonds is 1. The van der Waals surface area contributed by atoms with E-state index in [1.807, 2.05) is 0 Å². The molecule has 20 heavy (non-hydrogen) atoms. The molecule has 2 aliphatic carbocycles. The molecule has 4 heterocycles. The molecular formula is C18H23NS. The molecule has 0 spiro atoms. The van der Waals surface area contributed by atoms with Crippen molar-refractivity contribution >= 4 is 11.8 Å². The summed E-state index contributed by atoms with van der Waals surface area (Å²) < 4.78 is 0. The molecule has 1 aromatic rings. The van der Waals surface area contributed by atoms with Gasteiger partial charge in [-0.1, -0.05) is 24.3 Å². The van der Waals surface area contributed by atoms with Gasteiger partial charge in [-0.2, -0.15) is 11.8 Å². The minimum Gasteiger partial charge on any atom is -0.306 e. The quantitative estimate of drug-likeness (QED) is 0.836. The summed E-state index contributed by atoms with van der Waals surface area (Å²) in [6, 6.07) is 9.36. The number of nitrogens with one attached hydrogen (secondary N) is 1. The van der Waals surface area contributed by atoms with Gasteiger partial charge in [0, 0.05) is 23.0 Å². The van der Waals surface area contributed by atoms with Gasteiger partial charge in [0.25, 0.3) is 0 Å². The second kappa shape index (κ2) is 4.04. The molecule has 4 fully saturated rings. The molecule has 6 aliphatic rings. The molecule has 1 nitrogen and oxygen atoms in total. The molecule has 2 atom stereocenters. The van der Waals surface area contributed by atoms with Crippen LogP contribution >= 0.6 is 11.8 Å². The van der Waals surface area contributed by atoms with E-state index in [1.54, 1.807) is 11.1 Å². The Morgan fingerprint density at radius 2 is 1.90 bits per heavy atom. The van der Waals surface area contributed by atoms with Gasteiger partial charge in [0.1, 0.15) is 0 Å². The summed E-state index contributed by atoms with van der Waals surface area (Å²) in [5.74, 6) is 2.17. The van der Waals surface area contributed by atoms with Gasteiger partial charge in [0.05, 0.1) is 5.54 Å². The fourth-order valence-corrected chi connectivity index (χ4v) is 7.30. The van der Waals surface area contributed by atoms with Gasteiger partial charge in [-0.25, -0.2) is 0 Å². The maximum Gasteiger partial charge on any atom is 0.0502 e. The van der Waals surface area contributed by atoms with Crippen LogP contribution in [0.3, 0.4) is 0 Å². The lowest BCUT2D eigenvalue weighted by molar-refractivity contribution is 0.0126. The predicted octanol–water partition coefficient (Wildman–Crippen LogP) is 4.04. The van der Waals surface area contributed by atoms with Crippen molar-refractivity contribution in [2.24, 2.45) is 5.41 Å². The number of piperidine rings is 1. The van der Waals surface area contributed by atoms with Crippen molar-refractivity contribution in [2.45, 2.75) is 55.2 Å². The van der Waals surface area contributed by atoms with Crippen LogP contribution in [0.1, 0.15) is 55.6 Å². The summed E-state index contributed by atoms with van der Waals surface area (Å²) in [5.41, 5.74) is 4.18. The van der Waals surface area contributed by atoms with Gasteiger partial charge in [0.2, 0.25) is 0 Å². The maximum atomic E-state index is 4.06. The van der Waals surface area contributed by atoms with Crippen LogP contribution in [0.2, 0.25) is 0 Å². The standard InChI is InChI=1S/C18H23NS/c1-2-4-16-15(3-1)13-5-10-18(16,19-11-13)17-8-6-14(7-9-17)20-12-17/h1-4,13-14,19H,5-12H2. The summed E-state index contributed by atoms with van der Waals surface area (Å²) in [4.78, 5) is 0. The Bertz CT molecular complexity index is 522. The molecule has 0 amide bonds. The van der Waals surface area contributed by atoms with Gasteiger partial charge in [0.15, 0.2) is 0 Å². The second-order valence-corrected chi connectivity index (χ2v) is 8.69. The molecular weight excluding hydrogens is 262 g/mol. The average molecular weight is 285 g/mol. The SMILES string of the molecule is c1ccc2c(c1)C1CCC2(C23CCC(CC2)SC3)NC1. The summed E-state index contributed by atoms with van der Waals surface area (Å²) in [6.07, 6.45) is 8.60. The highest BCUT2D eigenvalue weighted by molar-refractivity contribution is 8.00. The first-order chi connectivity index (χ1) is 9.83. The number of benzene rings is 1. The number of thioether (sulfide) groups is 1. The van der Waals surface area contributed by atoms with E-state index in [0.717, 1.165) is 11.2 Å². The van der Waals surface area contributed by atoms with E-state index in [9.17, 15) is 0 Å². The first-order valence-corrected chi connectivity index (χ1v) is 9.34. The van der Waals surface area contributed by atoms with Gasteiger partial charge in [-0.3, -0.25) is 0 Å². The highest BCUT2D eigenvalue weighted by atomic mass is 32.2. The average Bonchev–Trinajstić information content (AvgIpc) is 2.58. The Hall–Kier alpha value is -0.470. The van der Waals surface area contributed by atoms with Crippen LogP contribution in [0.5, 0.6) is 0 Å². The lowest BCUT2D eigenvalue weighted by Gasteiger charge is -2.63. The van der Waals surface area contributed by atoms with Gasteiger partial charge in [-0.15, -0.1) is 0 Å². The van der Waals surface area contributed by atoms with Crippen molar-refractivity contribution < 1.29 is 0 Å². The van der Waals surface area contributed by atoms with Gasteiger partial charge < -0.3 is 5.32 Å². The van der Waals surface area contributed by atoms with Crippen molar-refractivity contribution in [3.05, 3.63) is 35.4 Å². The van der Waals surface area contributed by atoms with E-state index in [2.05, 4.69) is 41.3 Å². The lowest BCUT2D eigenvalue weighted by Crippen LogP contribution is -2.65. The molecule has 0 radical (unpaired) electrons. The first kappa shape index (κ1) is 12.1. The minimum absolute atomic E-state index is 0.302. The normalized spacial score (nSPS) is 45.4. The molecule has 7 rings (SSSR count). The minimum atomic E-state index is 0.302. The largest absolute Gasteiger partial charge is 0.306 e. The highest BCUT2D eigenvalue weighted by Gasteiger charge is 2.59. The zero-order valence-corrected chi connectivity index (χ0v) is 12.8. The molecule has 1 N–H and O–H groups in total. The van der Waals surface area contributed by atoms with Crippen molar-refractivity contribution in [3.8, 4) is 0 Å². The van der Waals surface area contributed by atoms with Gasteiger partial charge in [-0.05, 0) is 55.6 Å². The summed E-state index contributed by atoms with van der Waals surface area (Å²) in [6.45, 7) is 1.22. The molecule has 4 bridgehead atoms. The molecule has 106 valence electrons. The first-order valence-electron chi connectivity index (χ1n) is 8.29. The monoisotopic (exact) mass is 285 g/mol. The topological polar surface area (TPSA) is 12.0 Å². The fourth-order valence-electron chi connectivity index (χ4n) is 5.64. The maximum absolute atomic E-state index is 4.06. The summed E-state index contributed by atoms with van der Waals surface area (Å²) in [7, 11) is 0. The molecule has 0 aromatic heterocycles. The summed E-state index contributed by atoms with van der Waals surface area (Å²) >= 11 is 2.27. The van der Waals surface area contributed by atoms with Crippen LogP contribution in [-0.2, 0) is 5.54 Å². The van der Waals surface area contributed by atoms with Crippen LogP contribution in [0, 0.1) is 5.41 Å². The van der Waals surface area contributed by atoms with Crippen molar-refractivity contribution in [2.75, 3.05) is 12.3 Å². The third kappa shape index (κ3) is 1.35. The molecule has 3 saturated heterocycles. The predicted molar refractivity (Wildman–Crippen MR) is 85.2 cm³/mol. The van der Waals surface area contributed by atoms with Crippen LogP contribution in [0.4, 0.5) is 0 Å². The number of hydrogen-bond donors (Lipinski definition) is 1. The van der Waals surface area contributed by atoms with E-state index in [4.69, 9.17) is 0 Å². The third-order valence-corrected chi connectivity index (χ3v) is 8.43. The second-order valence-electron chi connectivity index (χ2n) is 7.40. The van der Waals surface area contributed by atoms with Crippen molar-refractivity contribution in [3.63, 3.8) is 0 Å². The molecule has 2 heteroatoms. The van der Waals surface area contributed by atoms with Crippen molar-refractivity contribution in [1.29, 1.82) is 0 Å². The molecule has 4 aliphatic heterocycles. The Morgan fingerprint density at radius 1 is 1.05 bits per heavy atom. The van der Waals surface area contributed by atoms with E-state index in [1.165, 1.54) is 50.8 Å². The zero-order valence-electron chi connectivity index (χ0n) is 12.0. The van der Waals surface area contributed by atoms with Crippen molar-refractivity contribution in [1.82, 2.24) is 5.32 Å². The Kier molecular flexibility index (Phi) is 2.45. The Labute approximate surface area is 125 Å². The van der Waals surface area contributed by atoms with Crippen LogP contribution in [0.15, 0.2) is 24.3 Å². The molecule has 1 saturated carbocycles. The number of fused-ring (bicyclic) bond motifs is 5. The van der Waals surface area contributed by atoms with E-state index < -0.39 is 0 Å². The Balaban J connectivity index is 1.69. The summed E-state index contributed by atoms with van der Waals surface area (Å²) in [5, 5.41) is 5.04. The van der Waals surface area contributed by atoms with E-state index in [0.29, 0.717) is 11.0 Å². The number of hydrogen-bond acceptors (Lipinski definition) is 2. The zero-order chi connectivity index (χ0) is 13.2. The van der Waals surface area contributed by atoms with Gasteiger partial charge >= 0.3 is 0 Å². The molecule has 1 aromatic carbocycles. The third-order valence-electron chi connectivity index (χ3n) is 6.77. The van der Waals surface area contributed by atoms with E-state index in [-0.39, 0.29) is 0 Å². The lowest BCUT2D eigenvalue weighted by atomic mass is 9.52.